The zero-order valence-corrected chi connectivity index (χ0v) is 22.9. The van der Waals surface area contributed by atoms with Crippen LogP contribution in [0.15, 0.2) is 36.4 Å². The topological polar surface area (TPSA) is 118 Å². The second-order valence-corrected chi connectivity index (χ2v) is 12.1. The van der Waals surface area contributed by atoms with Crippen molar-refractivity contribution >= 4 is 29.1 Å². The molecule has 4 fully saturated rings. The van der Waals surface area contributed by atoms with Gasteiger partial charge in [0.15, 0.2) is 0 Å². The Hall–Kier alpha value is -3.86. The molecule has 0 spiro atoms. The van der Waals surface area contributed by atoms with Gasteiger partial charge >= 0.3 is 0 Å². The Morgan fingerprint density at radius 3 is 2.58 bits per heavy atom. The van der Waals surface area contributed by atoms with E-state index in [0.29, 0.717) is 50.2 Å². The number of nitrogens with zero attached hydrogens (tertiary/aromatic N) is 5. The summed E-state index contributed by atoms with van der Waals surface area (Å²) in [5.74, 6) is 1.27. The van der Waals surface area contributed by atoms with E-state index >= 15 is 0 Å². The molecule has 11 heteroatoms. The molecule has 2 aliphatic heterocycles. The third kappa shape index (κ3) is 5.30. The number of rotatable bonds is 9. The van der Waals surface area contributed by atoms with Crippen molar-refractivity contribution < 1.29 is 19.1 Å². The van der Waals surface area contributed by atoms with Gasteiger partial charge < -0.3 is 19.9 Å². The van der Waals surface area contributed by atoms with Crippen LogP contribution >= 0.6 is 11.3 Å². The largest absolute Gasteiger partial charge is 0.439 e. The summed E-state index contributed by atoms with van der Waals surface area (Å²) in [6.07, 6.45) is 6.14. The van der Waals surface area contributed by atoms with E-state index in [0.717, 1.165) is 40.4 Å². The lowest BCUT2D eigenvalue weighted by Crippen LogP contribution is -2.38. The highest BCUT2D eigenvalue weighted by Crippen LogP contribution is 2.42. The molecule has 206 valence electrons. The van der Waals surface area contributed by atoms with E-state index in [1.807, 2.05) is 29.2 Å². The minimum absolute atomic E-state index is 0.0937. The number of ether oxygens (including phenoxy) is 1. The van der Waals surface area contributed by atoms with Crippen LogP contribution in [-0.4, -0.2) is 67.9 Å². The maximum absolute atomic E-state index is 13.1. The van der Waals surface area contributed by atoms with E-state index in [9.17, 15) is 14.4 Å². The van der Waals surface area contributed by atoms with Crippen LogP contribution in [0.25, 0.3) is 10.6 Å². The normalized spacial score (nSPS) is 20.9. The SMILES string of the molecule is O=C(N[C@H]1CC(=O)N(C2CC2)C1)c1ccc(CN2CCCC2=O)c(Oc2ccc(-c3nnc(C4CC4)s3)cc2)n1. The highest BCUT2D eigenvalue weighted by molar-refractivity contribution is 7.14. The first kappa shape index (κ1) is 25.1. The van der Waals surface area contributed by atoms with E-state index < -0.39 is 0 Å². The molecule has 0 radical (unpaired) electrons. The van der Waals surface area contributed by atoms with Crippen molar-refractivity contribution in [2.75, 3.05) is 13.1 Å². The number of likely N-dealkylation sites (tertiary alicyclic amines) is 2. The Labute approximate surface area is 235 Å². The van der Waals surface area contributed by atoms with Crippen LogP contribution in [0.3, 0.4) is 0 Å². The molecule has 0 unspecified atom stereocenters. The van der Waals surface area contributed by atoms with Crippen LogP contribution < -0.4 is 10.1 Å². The Bertz CT molecular complexity index is 1470. The molecule has 1 N–H and O–H groups in total. The average Bonchev–Trinajstić information content (AvgIpc) is 3.87. The van der Waals surface area contributed by atoms with E-state index in [-0.39, 0.29) is 35.3 Å². The first-order valence-electron chi connectivity index (χ1n) is 14.0. The first-order chi connectivity index (χ1) is 19.5. The predicted molar refractivity (Wildman–Crippen MR) is 147 cm³/mol. The Morgan fingerprint density at radius 2 is 1.85 bits per heavy atom. The molecule has 7 rings (SSSR count). The monoisotopic (exact) mass is 558 g/mol. The molecule has 4 heterocycles. The number of carbonyl (C=O) groups excluding carboxylic acids is 3. The van der Waals surface area contributed by atoms with Gasteiger partial charge in [-0.15, -0.1) is 10.2 Å². The smallest absolute Gasteiger partial charge is 0.270 e. The first-order valence-corrected chi connectivity index (χ1v) is 14.8. The fraction of sp³-hybridized carbons (Fsp3) is 0.448. The minimum Gasteiger partial charge on any atom is -0.439 e. The average molecular weight is 559 g/mol. The molecule has 2 aliphatic carbocycles. The fourth-order valence-corrected chi connectivity index (χ4v) is 6.35. The molecule has 1 aromatic carbocycles. The molecule has 10 nitrogen and oxygen atoms in total. The van der Waals surface area contributed by atoms with Crippen molar-refractivity contribution in [1.29, 1.82) is 0 Å². The van der Waals surface area contributed by atoms with Gasteiger partial charge in [0.1, 0.15) is 21.5 Å². The van der Waals surface area contributed by atoms with Crippen LogP contribution in [0.4, 0.5) is 0 Å². The Morgan fingerprint density at radius 1 is 1.02 bits per heavy atom. The number of hydrogen-bond acceptors (Lipinski definition) is 8. The van der Waals surface area contributed by atoms with Crippen LogP contribution in [-0.2, 0) is 16.1 Å². The van der Waals surface area contributed by atoms with Gasteiger partial charge in [0.2, 0.25) is 17.7 Å². The minimum atomic E-state index is -0.345. The molecular weight excluding hydrogens is 528 g/mol. The van der Waals surface area contributed by atoms with Crippen LogP contribution in [0.5, 0.6) is 11.6 Å². The molecule has 2 saturated carbocycles. The van der Waals surface area contributed by atoms with Crippen molar-refractivity contribution in [3.63, 3.8) is 0 Å². The zero-order chi connectivity index (χ0) is 27.2. The molecule has 3 amide bonds. The van der Waals surface area contributed by atoms with Gasteiger partial charge in [-0.05, 0) is 68.5 Å². The number of pyridine rings is 1. The summed E-state index contributed by atoms with van der Waals surface area (Å²) < 4.78 is 6.21. The van der Waals surface area contributed by atoms with Crippen LogP contribution in [0.2, 0.25) is 0 Å². The van der Waals surface area contributed by atoms with E-state index in [1.54, 1.807) is 28.4 Å². The Balaban J connectivity index is 1.09. The highest BCUT2D eigenvalue weighted by Gasteiger charge is 2.40. The molecule has 4 aliphatic rings. The zero-order valence-electron chi connectivity index (χ0n) is 22.0. The summed E-state index contributed by atoms with van der Waals surface area (Å²) in [5, 5.41) is 13.6. The second-order valence-electron chi connectivity index (χ2n) is 11.1. The number of aromatic nitrogens is 3. The van der Waals surface area contributed by atoms with Gasteiger partial charge in [0.25, 0.3) is 5.91 Å². The summed E-state index contributed by atoms with van der Waals surface area (Å²) in [4.78, 5) is 46.0. The highest BCUT2D eigenvalue weighted by atomic mass is 32.1. The van der Waals surface area contributed by atoms with Gasteiger partial charge in [-0.2, -0.15) is 0 Å². The quantitative estimate of drug-likeness (QED) is 0.423. The molecular formula is C29H30N6O4S. The molecule has 1 atom stereocenters. The number of carbonyl (C=O) groups is 3. The van der Waals surface area contributed by atoms with Gasteiger partial charge in [-0.25, -0.2) is 4.98 Å². The van der Waals surface area contributed by atoms with E-state index in [4.69, 9.17) is 4.74 Å². The third-order valence-electron chi connectivity index (χ3n) is 7.87. The predicted octanol–water partition coefficient (Wildman–Crippen LogP) is 3.89. The van der Waals surface area contributed by atoms with Crippen molar-refractivity contribution in [2.45, 2.75) is 69.5 Å². The molecule has 2 aromatic heterocycles. The van der Waals surface area contributed by atoms with Gasteiger partial charge in [-0.1, -0.05) is 11.3 Å². The number of hydrogen-bond donors (Lipinski definition) is 1. The summed E-state index contributed by atoms with van der Waals surface area (Å²) in [5.41, 5.74) is 1.90. The molecule has 3 aromatic rings. The Kier molecular flexibility index (Phi) is 6.45. The van der Waals surface area contributed by atoms with Crippen molar-refractivity contribution in [3.05, 3.63) is 52.7 Å². The lowest BCUT2D eigenvalue weighted by Gasteiger charge is -2.19. The third-order valence-corrected chi connectivity index (χ3v) is 9.00. The lowest BCUT2D eigenvalue weighted by atomic mass is 10.2. The van der Waals surface area contributed by atoms with Crippen LogP contribution in [0.1, 0.15) is 71.9 Å². The molecule has 0 bridgehead atoms. The maximum atomic E-state index is 13.1. The fourth-order valence-electron chi connectivity index (χ4n) is 5.33. The van der Waals surface area contributed by atoms with Gasteiger partial charge in [-0.3, -0.25) is 14.4 Å². The molecule has 2 saturated heterocycles. The number of nitrogens with one attached hydrogen (secondary N) is 1. The second kappa shape index (κ2) is 10.3. The van der Waals surface area contributed by atoms with Crippen molar-refractivity contribution in [3.8, 4) is 22.2 Å². The number of benzene rings is 1. The number of amides is 3. The summed E-state index contributed by atoms with van der Waals surface area (Å²) in [6, 6.07) is 11.1. The van der Waals surface area contributed by atoms with Crippen molar-refractivity contribution in [2.24, 2.45) is 0 Å². The molecule has 40 heavy (non-hydrogen) atoms. The maximum Gasteiger partial charge on any atom is 0.270 e. The summed E-state index contributed by atoms with van der Waals surface area (Å²) in [7, 11) is 0. The van der Waals surface area contributed by atoms with Gasteiger partial charge in [0.05, 0.1) is 12.6 Å². The van der Waals surface area contributed by atoms with Crippen molar-refractivity contribution in [1.82, 2.24) is 30.3 Å². The summed E-state index contributed by atoms with van der Waals surface area (Å²) >= 11 is 1.63. The summed E-state index contributed by atoms with van der Waals surface area (Å²) in [6.45, 7) is 1.59. The van der Waals surface area contributed by atoms with Gasteiger partial charge in [0, 0.05) is 49.0 Å². The lowest BCUT2D eigenvalue weighted by molar-refractivity contribution is -0.129. The van der Waals surface area contributed by atoms with E-state index in [1.165, 1.54) is 12.8 Å². The van der Waals surface area contributed by atoms with E-state index in [2.05, 4.69) is 20.5 Å². The standard InChI is InChI=1S/C29H30N6O4S/c36-24-2-1-13-34(24)15-19-7-12-23(26(38)30-20-14-25(37)35(16-20)21-8-9-21)31-27(19)39-22-10-5-18(6-11-22)29-33-32-28(40-29)17-3-4-17/h5-7,10-12,17,20-21H,1-4,8-9,13-16H2,(H,30,38)/t20-/m0/s1. The van der Waals surface area contributed by atoms with Crippen LogP contribution in [0, 0.1) is 0 Å².